The predicted molar refractivity (Wildman–Crippen MR) is 32.4 cm³/mol. The minimum atomic E-state index is 0.278. The summed E-state index contributed by atoms with van der Waals surface area (Å²) >= 11 is 0. The monoisotopic (exact) mass is 115 g/mol. The summed E-state index contributed by atoms with van der Waals surface area (Å²) in [5.74, 6) is 0.398. The molecule has 8 heavy (non-hydrogen) atoms. The molecule has 0 saturated heterocycles. The Hall–Kier alpha value is -0.0800. The average Bonchev–Trinajstić information content (AvgIpc) is 2.14. The van der Waals surface area contributed by atoms with Crippen LogP contribution < -0.4 is 5.73 Å². The van der Waals surface area contributed by atoms with Gasteiger partial charge in [0.15, 0.2) is 0 Å². The van der Waals surface area contributed by atoms with Crippen LogP contribution in [0.1, 0.15) is 19.3 Å². The first-order valence-corrected chi connectivity index (χ1v) is 3.21. The van der Waals surface area contributed by atoms with Gasteiger partial charge in [0.2, 0.25) is 0 Å². The van der Waals surface area contributed by atoms with E-state index < -0.39 is 0 Å². The van der Waals surface area contributed by atoms with E-state index in [4.69, 9.17) is 10.8 Å². The zero-order chi connectivity index (χ0) is 5.98. The van der Waals surface area contributed by atoms with E-state index in [0.29, 0.717) is 5.92 Å². The van der Waals surface area contributed by atoms with E-state index in [-0.39, 0.29) is 12.6 Å². The molecule has 2 heteroatoms. The Labute approximate surface area is 49.7 Å². The molecule has 0 aromatic rings. The molecule has 1 rings (SSSR count). The van der Waals surface area contributed by atoms with Crippen LogP contribution in [0.2, 0.25) is 0 Å². The first kappa shape index (κ1) is 6.05. The van der Waals surface area contributed by atoms with E-state index in [2.05, 4.69) is 0 Å². The van der Waals surface area contributed by atoms with Crippen molar-refractivity contribution < 1.29 is 5.11 Å². The van der Waals surface area contributed by atoms with Gasteiger partial charge in [-0.1, -0.05) is 6.42 Å². The van der Waals surface area contributed by atoms with Crippen LogP contribution in [-0.2, 0) is 0 Å². The van der Waals surface area contributed by atoms with Crippen molar-refractivity contribution in [1.82, 2.24) is 0 Å². The Morgan fingerprint density at radius 2 is 2.25 bits per heavy atom. The number of rotatable bonds is 1. The fourth-order valence-corrected chi connectivity index (χ4v) is 1.29. The van der Waals surface area contributed by atoms with E-state index in [1.807, 2.05) is 0 Å². The van der Waals surface area contributed by atoms with Crippen LogP contribution in [0.5, 0.6) is 0 Å². The molecule has 0 aromatic carbocycles. The first-order chi connectivity index (χ1) is 3.84. The van der Waals surface area contributed by atoms with E-state index in [1.54, 1.807) is 0 Å². The number of hydrogen-bond acceptors (Lipinski definition) is 2. The van der Waals surface area contributed by atoms with Crippen LogP contribution in [0, 0.1) is 5.92 Å². The highest BCUT2D eigenvalue weighted by atomic mass is 16.3. The van der Waals surface area contributed by atoms with E-state index in [9.17, 15) is 0 Å². The van der Waals surface area contributed by atoms with Gasteiger partial charge in [-0.15, -0.1) is 0 Å². The van der Waals surface area contributed by atoms with Crippen molar-refractivity contribution >= 4 is 0 Å². The van der Waals surface area contributed by atoms with Gasteiger partial charge in [-0.3, -0.25) is 0 Å². The van der Waals surface area contributed by atoms with Crippen molar-refractivity contribution in [2.75, 3.05) is 6.61 Å². The number of aliphatic hydroxyl groups is 1. The molecular weight excluding hydrogens is 102 g/mol. The Balaban J connectivity index is 2.30. The molecule has 0 spiro atoms. The number of nitrogens with two attached hydrogens (primary N) is 1. The minimum absolute atomic E-state index is 0.278. The van der Waals surface area contributed by atoms with Crippen LogP contribution in [-0.4, -0.2) is 17.8 Å². The lowest BCUT2D eigenvalue weighted by molar-refractivity contribution is 0.218. The molecule has 0 radical (unpaired) electrons. The molecule has 48 valence electrons. The molecule has 0 unspecified atom stereocenters. The molecule has 1 fully saturated rings. The minimum Gasteiger partial charge on any atom is -0.396 e. The lowest BCUT2D eigenvalue weighted by atomic mass is 10.1. The molecule has 1 aliphatic rings. The van der Waals surface area contributed by atoms with Crippen LogP contribution >= 0.6 is 0 Å². The summed E-state index contributed by atoms with van der Waals surface area (Å²) in [5, 5.41) is 8.66. The zero-order valence-electron chi connectivity index (χ0n) is 5.01. The van der Waals surface area contributed by atoms with Crippen molar-refractivity contribution in [2.45, 2.75) is 25.3 Å². The Kier molecular flexibility index (Phi) is 1.86. The van der Waals surface area contributed by atoms with Crippen molar-refractivity contribution in [3.8, 4) is 0 Å². The maximum atomic E-state index is 8.66. The highest BCUT2D eigenvalue weighted by Crippen LogP contribution is 2.22. The van der Waals surface area contributed by atoms with Crippen molar-refractivity contribution in [3.05, 3.63) is 0 Å². The Morgan fingerprint density at radius 3 is 2.50 bits per heavy atom. The third kappa shape index (κ3) is 1.01. The van der Waals surface area contributed by atoms with Gasteiger partial charge in [0.05, 0.1) is 0 Å². The van der Waals surface area contributed by atoms with E-state index in [1.165, 1.54) is 6.42 Å². The second-order valence-corrected chi connectivity index (χ2v) is 2.54. The molecule has 0 aliphatic heterocycles. The lowest BCUT2D eigenvalue weighted by Crippen LogP contribution is -2.26. The summed E-state index contributed by atoms with van der Waals surface area (Å²) in [6.45, 7) is 0.279. The maximum Gasteiger partial charge on any atom is 0.0474 e. The molecule has 1 aliphatic carbocycles. The summed E-state index contributed by atoms with van der Waals surface area (Å²) < 4.78 is 0. The highest BCUT2D eigenvalue weighted by Gasteiger charge is 2.22. The van der Waals surface area contributed by atoms with Gasteiger partial charge in [-0.2, -0.15) is 0 Å². The smallest absolute Gasteiger partial charge is 0.0474 e. The van der Waals surface area contributed by atoms with E-state index >= 15 is 0 Å². The average molecular weight is 115 g/mol. The van der Waals surface area contributed by atoms with Crippen LogP contribution in [0.4, 0.5) is 0 Å². The van der Waals surface area contributed by atoms with Gasteiger partial charge in [-0.25, -0.2) is 0 Å². The predicted octanol–water partition coefficient (Wildman–Crippen LogP) is 0.106. The van der Waals surface area contributed by atoms with E-state index in [0.717, 1.165) is 12.8 Å². The van der Waals surface area contributed by atoms with Crippen molar-refractivity contribution in [1.29, 1.82) is 0 Å². The third-order valence-electron chi connectivity index (χ3n) is 1.95. The summed E-state index contributed by atoms with van der Waals surface area (Å²) in [6.07, 6.45) is 3.43. The number of aliphatic hydroxyl groups excluding tert-OH is 1. The zero-order valence-corrected chi connectivity index (χ0v) is 5.01. The van der Waals surface area contributed by atoms with Crippen LogP contribution in [0.3, 0.4) is 0 Å². The molecule has 2 nitrogen and oxygen atoms in total. The second kappa shape index (κ2) is 2.46. The SMILES string of the molecule is N[C@@H]1CCC[C@H]1CO. The van der Waals surface area contributed by atoms with Gasteiger partial charge in [0.25, 0.3) is 0 Å². The fraction of sp³-hybridized carbons (Fsp3) is 1.00. The van der Waals surface area contributed by atoms with Gasteiger partial charge in [0, 0.05) is 12.6 Å². The first-order valence-electron chi connectivity index (χ1n) is 3.21. The van der Waals surface area contributed by atoms with Crippen LogP contribution in [0.15, 0.2) is 0 Å². The lowest BCUT2D eigenvalue weighted by Gasteiger charge is -2.09. The molecule has 0 amide bonds. The van der Waals surface area contributed by atoms with Crippen molar-refractivity contribution in [3.63, 3.8) is 0 Å². The maximum absolute atomic E-state index is 8.66. The molecule has 2 atom stereocenters. The summed E-state index contributed by atoms with van der Waals surface area (Å²) in [6, 6.07) is 0.278. The Morgan fingerprint density at radius 1 is 1.50 bits per heavy atom. The quantitative estimate of drug-likeness (QED) is 0.509. The van der Waals surface area contributed by atoms with Gasteiger partial charge in [0.1, 0.15) is 0 Å². The fourth-order valence-electron chi connectivity index (χ4n) is 1.29. The highest BCUT2D eigenvalue weighted by molar-refractivity contribution is 4.78. The standard InChI is InChI=1S/C6H13NO/c7-6-3-1-2-5(6)4-8/h5-6,8H,1-4,7H2/t5-,6+/m0/s1. The third-order valence-corrected chi connectivity index (χ3v) is 1.95. The van der Waals surface area contributed by atoms with Gasteiger partial charge >= 0.3 is 0 Å². The molecular formula is C6H13NO. The normalized spacial score (nSPS) is 38.2. The van der Waals surface area contributed by atoms with Crippen LogP contribution in [0.25, 0.3) is 0 Å². The summed E-state index contributed by atoms with van der Waals surface area (Å²) in [4.78, 5) is 0. The molecule has 1 saturated carbocycles. The Bertz CT molecular complexity index is 74.9. The summed E-state index contributed by atoms with van der Waals surface area (Å²) in [7, 11) is 0. The van der Waals surface area contributed by atoms with Gasteiger partial charge in [-0.05, 0) is 18.8 Å². The number of hydrogen-bond donors (Lipinski definition) is 2. The second-order valence-electron chi connectivity index (χ2n) is 2.54. The molecule has 3 N–H and O–H groups in total. The summed E-state index contributed by atoms with van der Waals surface area (Å²) in [5.41, 5.74) is 5.63. The van der Waals surface area contributed by atoms with Gasteiger partial charge < -0.3 is 10.8 Å². The molecule has 0 bridgehead atoms. The topological polar surface area (TPSA) is 46.2 Å². The largest absolute Gasteiger partial charge is 0.396 e. The van der Waals surface area contributed by atoms with Crippen molar-refractivity contribution in [2.24, 2.45) is 11.7 Å². The molecule has 0 aromatic heterocycles. The molecule has 0 heterocycles.